The molecular formula is C12H9Cl2N5O3. The number of benzene rings is 1. The molecule has 0 saturated carbocycles. The quantitative estimate of drug-likeness (QED) is 0.552. The van der Waals surface area contributed by atoms with Crippen LogP contribution in [0.25, 0.3) is 0 Å². The number of nitrogens with zero attached hydrogens (tertiary/aromatic N) is 2. The summed E-state index contributed by atoms with van der Waals surface area (Å²) in [5.74, 6) is -0.584. The SMILES string of the molecule is O=C(Cc1n[nH]c(=O)[nH]c1=O)NN=Cc1cc(Cl)ccc1Cl. The molecule has 1 aromatic heterocycles. The van der Waals surface area contributed by atoms with Gasteiger partial charge in [-0.05, 0) is 18.2 Å². The average molecular weight is 342 g/mol. The van der Waals surface area contributed by atoms with Gasteiger partial charge in [0.1, 0.15) is 5.69 Å². The molecule has 114 valence electrons. The first-order chi connectivity index (χ1) is 10.5. The van der Waals surface area contributed by atoms with Gasteiger partial charge >= 0.3 is 5.69 Å². The Bertz CT molecular complexity index is 843. The molecule has 0 aliphatic rings. The first kappa shape index (κ1) is 15.9. The van der Waals surface area contributed by atoms with Crippen LogP contribution in [0.15, 0.2) is 32.9 Å². The van der Waals surface area contributed by atoms with Gasteiger partial charge in [-0.3, -0.25) is 14.6 Å². The van der Waals surface area contributed by atoms with Gasteiger partial charge in [0.05, 0.1) is 12.6 Å². The summed E-state index contributed by atoms with van der Waals surface area (Å²) < 4.78 is 0. The van der Waals surface area contributed by atoms with E-state index >= 15 is 0 Å². The standard InChI is InChI=1S/C12H9Cl2N5O3/c13-7-1-2-8(14)6(3-7)5-15-18-10(20)4-9-11(21)16-12(22)19-17-9/h1-3,5H,4H2,(H,18,20)(H2,16,19,21,22). The van der Waals surface area contributed by atoms with Crippen molar-refractivity contribution in [2.45, 2.75) is 6.42 Å². The molecule has 1 aromatic carbocycles. The van der Waals surface area contributed by atoms with Crippen molar-refractivity contribution in [2.75, 3.05) is 0 Å². The molecule has 22 heavy (non-hydrogen) atoms. The Kier molecular flexibility index (Phi) is 5.08. The minimum absolute atomic E-state index is 0.131. The molecule has 1 heterocycles. The van der Waals surface area contributed by atoms with Crippen molar-refractivity contribution in [1.82, 2.24) is 20.6 Å². The minimum atomic E-state index is -0.747. The van der Waals surface area contributed by atoms with E-state index in [1.807, 2.05) is 10.1 Å². The zero-order valence-corrected chi connectivity index (χ0v) is 12.4. The third-order valence-corrected chi connectivity index (χ3v) is 3.04. The van der Waals surface area contributed by atoms with Crippen LogP contribution in [0.2, 0.25) is 10.0 Å². The van der Waals surface area contributed by atoms with Crippen LogP contribution in [0.4, 0.5) is 0 Å². The van der Waals surface area contributed by atoms with Crippen LogP contribution >= 0.6 is 23.2 Å². The third-order valence-electron chi connectivity index (χ3n) is 2.46. The zero-order valence-electron chi connectivity index (χ0n) is 10.9. The van der Waals surface area contributed by atoms with Crippen LogP contribution in [0, 0.1) is 0 Å². The van der Waals surface area contributed by atoms with Crippen molar-refractivity contribution >= 4 is 35.3 Å². The van der Waals surface area contributed by atoms with E-state index in [4.69, 9.17) is 23.2 Å². The van der Waals surface area contributed by atoms with E-state index in [9.17, 15) is 14.4 Å². The lowest BCUT2D eigenvalue weighted by Crippen LogP contribution is -2.31. The van der Waals surface area contributed by atoms with Gasteiger partial charge in [0.25, 0.3) is 5.56 Å². The topological polar surface area (TPSA) is 120 Å². The number of aromatic amines is 2. The van der Waals surface area contributed by atoms with Crippen molar-refractivity contribution in [3.05, 3.63) is 60.3 Å². The van der Waals surface area contributed by atoms with Gasteiger partial charge in [-0.2, -0.15) is 10.2 Å². The summed E-state index contributed by atoms with van der Waals surface area (Å²) in [6, 6.07) is 4.79. The fourth-order valence-corrected chi connectivity index (χ4v) is 1.82. The van der Waals surface area contributed by atoms with Crippen LogP contribution in [-0.2, 0) is 11.2 Å². The molecule has 0 aliphatic carbocycles. The van der Waals surface area contributed by atoms with E-state index in [0.717, 1.165) is 0 Å². The zero-order chi connectivity index (χ0) is 16.1. The Hall–Kier alpha value is -2.45. The van der Waals surface area contributed by atoms with Gasteiger partial charge in [0.2, 0.25) is 5.91 Å². The van der Waals surface area contributed by atoms with Crippen molar-refractivity contribution in [2.24, 2.45) is 5.10 Å². The number of hydrazone groups is 1. The summed E-state index contributed by atoms with van der Waals surface area (Å²) in [6.45, 7) is 0. The first-order valence-corrected chi connectivity index (χ1v) is 6.66. The van der Waals surface area contributed by atoms with Gasteiger partial charge < -0.3 is 0 Å². The van der Waals surface area contributed by atoms with Crippen LogP contribution in [-0.4, -0.2) is 27.3 Å². The van der Waals surface area contributed by atoms with Gasteiger partial charge in [-0.1, -0.05) is 23.2 Å². The average Bonchev–Trinajstić information content (AvgIpc) is 2.46. The molecule has 2 aromatic rings. The molecule has 8 nitrogen and oxygen atoms in total. The lowest BCUT2D eigenvalue weighted by atomic mass is 10.2. The lowest BCUT2D eigenvalue weighted by molar-refractivity contribution is -0.120. The smallest absolute Gasteiger partial charge is 0.273 e. The Morgan fingerprint density at radius 2 is 2.14 bits per heavy atom. The van der Waals surface area contributed by atoms with E-state index in [0.29, 0.717) is 15.6 Å². The molecular weight excluding hydrogens is 333 g/mol. The van der Waals surface area contributed by atoms with Crippen LogP contribution in [0.3, 0.4) is 0 Å². The molecule has 0 saturated heterocycles. The van der Waals surface area contributed by atoms with E-state index in [2.05, 4.69) is 15.6 Å². The molecule has 0 bridgehead atoms. The summed E-state index contributed by atoms with van der Waals surface area (Å²) in [5, 5.41) is 10.1. The van der Waals surface area contributed by atoms with Crippen molar-refractivity contribution in [3.63, 3.8) is 0 Å². The van der Waals surface area contributed by atoms with Crippen LogP contribution in [0.1, 0.15) is 11.3 Å². The molecule has 0 fully saturated rings. The molecule has 0 unspecified atom stereocenters. The number of halogens is 2. The second-order valence-electron chi connectivity index (χ2n) is 4.09. The maximum Gasteiger partial charge on any atom is 0.342 e. The summed E-state index contributed by atoms with van der Waals surface area (Å²) in [5.41, 5.74) is 1.12. The van der Waals surface area contributed by atoms with Gasteiger partial charge in [-0.15, -0.1) is 0 Å². The Labute approximate surface area is 133 Å². The van der Waals surface area contributed by atoms with Crippen LogP contribution in [0.5, 0.6) is 0 Å². The number of nitrogens with one attached hydrogen (secondary N) is 3. The van der Waals surface area contributed by atoms with Crippen molar-refractivity contribution < 1.29 is 4.79 Å². The normalized spacial score (nSPS) is 10.8. The van der Waals surface area contributed by atoms with Gasteiger partial charge in [0.15, 0.2) is 0 Å². The highest BCUT2D eigenvalue weighted by Crippen LogP contribution is 2.18. The minimum Gasteiger partial charge on any atom is -0.273 e. The van der Waals surface area contributed by atoms with E-state index < -0.39 is 17.2 Å². The Morgan fingerprint density at radius 3 is 2.86 bits per heavy atom. The molecule has 2 rings (SSSR count). The highest BCUT2D eigenvalue weighted by atomic mass is 35.5. The highest BCUT2D eigenvalue weighted by molar-refractivity contribution is 6.35. The monoisotopic (exact) mass is 341 g/mol. The predicted molar refractivity (Wildman–Crippen MR) is 81.4 cm³/mol. The first-order valence-electron chi connectivity index (χ1n) is 5.90. The predicted octanol–water partition coefficient (Wildman–Crippen LogP) is 0.458. The van der Waals surface area contributed by atoms with E-state index in [1.165, 1.54) is 6.21 Å². The summed E-state index contributed by atoms with van der Waals surface area (Å²) >= 11 is 11.7. The second kappa shape index (κ2) is 7.01. The van der Waals surface area contributed by atoms with Crippen molar-refractivity contribution in [1.29, 1.82) is 0 Å². The van der Waals surface area contributed by atoms with Crippen LogP contribution < -0.4 is 16.7 Å². The number of carbonyl (C=O) groups is 1. The number of hydrogen-bond acceptors (Lipinski definition) is 5. The van der Waals surface area contributed by atoms with Gasteiger partial charge in [0, 0.05) is 15.6 Å². The van der Waals surface area contributed by atoms with Gasteiger partial charge in [-0.25, -0.2) is 15.3 Å². The number of H-pyrrole nitrogens is 2. The number of hydrogen-bond donors (Lipinski definition) is 3. The Morgan fingerprint density at radius 1 is 1.36 bits per heavy atom. The summed E-state index contributed by atoms with van der Waals surface area (Å²) in [6.07, 6.45) is 0.976. The third kappa shape index (κ3) is 4.27. The fourth-order valence-electron chi connectivity index (χ4n) is 1.47. The summed E-state index contributed by atoms with van der Waals surface area (Å²) in [7, 11) is 0. The molecule has 1 amide bonds. The van der Waals surface area contributed by atoms with E-state index in [1.54, 1.807) is 18.2 Å². The number of aromatic nitrogens is 3. The fraction of sp³-hybridized carbons (Fsp3) is 0.0833. The number of amides is 1. The molecule has 0 radical (unpaired) electrons. The molecule has 0 atom stereocenters. The van der Waals surface area contributed by atoms with Crippen molar-refractivity contribution in [3.8, 4) is 0 Å². The van der Waals surface area contributed by atoms with E-state index in [-0.39, 0.29) is 12.1 Å². The number of carbonyl (C=O) groups excluding carboxylic acids is 1. The lowest BCUT2D eigenvalue weighted by Gasteiger charge is -2.00. The molecule has 0 aliphatic heterocycles. The molecule has 0 spiro atoms. The Balaban J connectivity index is 2.00. The molecule has 10 heteroatoms. The maximum absolute atomic E-state index is 11.6. The highest BCUT2D eigenvalue weighted by Gasteiger charge is 2.08. The maximum atomic E-state index is 11.6. The number of rotatable bonds is 4. The second-order valence-corrected chi connectivity index (χ2v) is 4.93. The largest absolute Gasteiger partial charge is 0.342 e. The summed E-state index contributed by atoms with van der Waals surface area (Å²) in [4.78, 5) is 35.7. The molecule has 3 N–H and O–H groups in total.